The summed E-state index contributed by atoms with van der Waals surface area (Å²) in [4.78, 5) is 30.4. The van der Waals surface area contributed by atoms with Crippen LogP contribution in [0.3, 0.4) is 0 Å². The Hall–Kier alpha value is -3.08. The van der Waals surface area contributed by atoms with E-state index in [1.807, 2.05) is 35.2 Å². The third-order valence-corrected chi connectivity index (χ3v) is 4.95. The molecule has 26 heavy (non-hydrogen) atoms. The number of hydrogen-bond acceptors (Lipinski definition) is 2. The van der Waals surface area contributed by atoms with Crippen molar-refractivity contribution in [3.8, 4) is 0 Å². The van der Waals surface area contributed by atoms with Crippen molar-refractivity contribution in [2.45, 2.75) is 25.9 Å². The van der Waals surface area contributed by atoms with Crippen LogP contribution in [-0.2, 0) is 17.8 Å². The molecule has 1 aromatic heterocycles. The van der Waals surface area contributed by atoms with Crippen molar-refractivity contribution in [2.24, 2.45) is 0 Å². The summed E-state index contributed by atoms with van der Waals surface area (Å²) in [5, 5.41) is 3.98. The zero-order chi connectivity index (χ0) is 18.1. The minimum absolute atomic E-state index is 0.0507. The lowest BCUT2D eigenvalue weighted by atomic mass is 10.0. The van der Waals surface area contributed by atoms with Gasteiger partial charge in [-0.2, -0.15) is 0 Å². The van der Waals surface area contributed by atoms with Crippen LogP contribution >= 0.6 is 0 Å². The van der Waals surface area contributed by atoms with Gasteiger partial charge in [-0.1, -0.05) is 36.4 Å². The van der Waals surface area contributed by atoms with Gasteiger partial charge in [0.1, 0.15) is 6.04 Å². The van der Waals surface area contributed by atoms with Gasteiger partial charge < -0.3 is 15.2 Å². The van der Waals surface area contributed by atoms with Gasteiger partial charge in [0.05, 0.1) is 0 Å². The Morgan fingerprint density at radius 2 is 1.81 bits per heavy atom. The number of para-hydroxylation sites is 1. The number of benzene rings is 2. The van der Waals surface area contributed by atoms with Crippen LogP contribution in [0.25, 0.3) is 10.9 Å². The number of aromatic nitrogens is 1. The number of carbonyl (C=O) groups excluding carboxylic acids is 2. The minimum Gasteiger partial charge on any atom is -0.358 e. The van der Waals surface area contributed by atoms with Gasteiger partial charge in [0, 0.05) is 47.2 Å². The Morgan fingerprint density at radius 1 is 1.08 bits per heavy atom. The summed E-state index contributed by atoms with van der Waals surface area (Å²) in [5.74, 6) is -0.276. The van der Waals surface area contributed by atoms with E-state index < -0.39 is 6.04 Å². The van der Waals surface area contributed by atoms with Crippen LogP contribution in [-0.4, -0.2) is 34.3 Å². The van der Waals surface area contributed by atoms with Crippen molar-refractivity contribution >= 4 is 22.7 Å². The molecule has 0 spiro atoms. The van der Waals surface area contributed by atoms with Gasteiger partial charge in [0.2, 0.25) is 5.91 Å². The summed E-state index contributed by atoms with van der Waals surface area (Å²) >= 11 is 0. The Balaban J connectivity index is 1.48. The number of fused-ring (bicyclic) bond motifs is 3. The summed E-state index contributed by atoms with van der Waals surface area (Å²) in [5.41, 5.74) is 4.06. The molecule has 132 valence electrons. The van der Waals surface area contributed by atoms with E-state index in [-0.39, 0.29) is 11.8 Å². The predicted octanol–water partition coefficient (Wildman–Crippen LogP) is 2.87. The third-order valence-electron chi connectivity index (χ3n) is 4.95. The molecular weight excluding hydrogens is 326 g/mol. The highest BCUT2D eigenvalue weighted by Crippen LogP contribution is 2.27. The molecule has 2 aromatic carbocycles. The van der Waals surface area contributed by atoms with Crippen LogP contribution in [0.2, 0.25) is 0 Å². The van der Waals surface area contributed by atoms with Crippen molar-refractivity contribution < 1.29 is 9.59 Å². The molecular formula is C21H21N3O2. The van der Waals surface area contributed by atoms with Gasteiger partial charge in [-0.05, 0) is 25.1 Å². The van der Waals surface area contributed by atoms with Crippen molar-refractivity contribution in [2.75, 3.05) is 6.54 Å². The number of amides is 2. The third kappa shape index (κ3) is 2.96. The maximum absolute atomic E-state index is 12.8. The van der Waals surface area contributed by atoms with E-state index in [0.717, 1.165) is 11.9 Å². The van der Waals surface area contributed by atoms with Crippen molar-refractivity contribution in [3.63, 3.8) is 0 Å². The van der Waals surface area contributed by atoms with Crippen molar-refractivity contribution in [1.29, 1.82) is 0 Å². The fourth-order valence-corrected chi connectivity index (χ4v) is 3.56. The highest BCUT2D eigenvalue weighted by molar-refractivity contribution is 5.97. The smallest absolute Gasteiger partial charge is 0.251 e. The Labute approximate surface area is 152 Å². The van der Waals surface area contributed by atoms with Crippen LogP contribution in [0, 0.1) is 0 Å². The average molecular weight is 347 g/mol. The van der Waals surface area contributed by atoms with Crippen LogP contribution in [0.15, 0.2) is 54.6 Å². The van der Waals surface area contributed by atoms with Crippen molar-refractivity contribution in [1.82, 2.24) is 15.2 Å². The first kappa shape index (κ1) is 16.4. The molecule has 0 radical (unpaired) electrons. The topological polar surface area (TPSA) is 65.2 Å². The molecule has 2 amide bonds. The first-order valence-electron chi connectivity index (χ1n) is 8.86. The monoisotopic (exact) mass is 347 g/mol. The molecule has 4 rings (SSSR count). The molecule has 5 nitrogen and oxygen atoms in total. The average Bonchev–Trinajstić information content (AvgIpc) is 3.06. The van der Waals surface area contributed by atoms with E-state index in [1.54, 1.807) is 19.1 Å². The maximum atomic E-state index is 12.8. The van der Waals surface area contributed by atoms with Crippen LogP contribution in [0.5, 0.6) is 0 Å². The van der Waals surface area contributed by atoms with Crippen LogP contribution in [0.1, 0.15) is 28.5 Å². The quantitative estimate of drug-likeness (QED) is 0.765. The summed E-state index contributed by atoms with van der Waals surface area (Å²) in [6.07, 6.45) is 0.801. The summed E-state index contributed by atoms with van der Waals surface area (Å²) in [7, 11) is 0. The largest absolute Gasteiger partial charge is 0.358 e. The maximum Gasteiger partial charge on any atom is 0.251 e. The number of H-pyrrole nitrogens is 1. The van der Waals surface area contributed by atoms with E-state index >= 15 is 0 Å². The van der Waals surface area contributed by atoms with Gasteiger partial charge >= 0.3 is 0 Å². The number of nitrogens with one attached hydrogen (secondary N) is 2. The fraction of sp³-hybridized carbons (Fsp3) is 0.238. The Bertz CT molecular complexity index is 962. The molecule has 0 fully saturated rings. The minimum atomic E-state index is -0.561. The number of hydrogen-bond donors (Lipinski definition) is 2. The molecule has 0 saturated carbocycles. The number of nitrogens with zero attached hydrogens (tertiary/aromatic N) is 1. The molecule has 2 heterocycles. The Kier molecular flexibility index (Phi) is 4.21. The van der Waals surface area contributed by atoms with E-state index in [2.05, 4.69) is 22.4 Å². The standard InChI is InChI=1S/C21H21N3O2/c1-14(22-20(25)15-7-3-2-4-8-15)21(26)24-12-11-19-17(13-24)16-9-5-6-10-18(16)23-19/h2-10,14,23H,11-13H2,1H3,(H,22,25)/t14-/m0/s1. The highest BCUT2D eigenvalue weighted by Gasteiger charge is 2.27. The second-order valence-corrected chi connectivity index (χ2v) is 6.70. The molecule has 5 heteroatoms. The highest BCUT2D eigenvalue weighted by atomic mass is 16.2. The van der Waals surface area contributed by atoms with Crippen LogP contribution in [0.4, 0.5) is 0 Å². The first-order chi connectivity index (χ1) is 12.6. The molecule has 1 aliphatic rings. The summed E-state index contributed by atoms with van der Waals surface area (Å²) in [6.45, 7) is 2.97. The van der Waals surface area contributed by atoms with Gasteiger partial charge in [0.15, 0.2) is 0 Å². The molecule has 1 atom stereocenters. The molecule has 1 aliphatic heterocycles. The first-order valence-corrected chi connectivity index (χ1v) is 8.86. The second-order valence-electron chi connectivity index (χ2n) is 6.70. The molecule has 2 N–H and O–H groups in total. The molecule has 0 unspecified atom stereocenters. The normalized spacial score (nSPS) is 14.7. The zero-order valence-electron chi connectivity index (χ0n) is 14.7. The van der Waals surface area contributed by atoms with E-state index in [9.17, 15) is 9.59 Å². The molecule has 3 aromatic rings. The van der Waals surface area contributed by atoms with Gasteiger partial charge in [-0.25, -0.2) is 0 Å². The van der Waals surface area contributed by atoms with E-state index in [4.69, 9.17) is 0 Å². The lowest BCUT2D eigenvalue weighted by Gasteiger charge is -2.30. The SMILES string of the molecule is C[C@H](NC(=O)c1ccccc1)C(=O)N1CCc2[nH]c3ccccc3c2C1. The molecule has 0 bridgehead atoms. The van der Waals surface area contributed by atoms with Gasteiger partial charge in [-0.15, -0.1) is 0 Å². The van der Waals surface area contributed by atoms with Crippen LogP contribution < -0.4 is 5.32 Å². The molecule has 0 saturated heterocycles. The summed E-state index contributed by atoms with van der Waals surface area (Å²) in [6, 6.07) is 16.6. The fourth-order valence-electron chi connectivity index (χ4n) is 3.56. The zero-order valence-corrected chi connectivity index (χ0v) is 14.7. The lowest BCUT2D eigenvalue weighted by Crippen LogP contribution is -2.48. The lowest BCUT2D eigenvalue weighted by molar-refractivity contribution is -0.133. The number of aromatic amines is 1. The Morgan fingerprint density at radius 3 is 2.62 bits per heavy atom. The van der Waals surface area contributed by atoms with Gasteiger partial charge in [-0.3, -0.25) is 9.59 Å². The van der Waals surface area contributed by atoms with Crippen molar-refractivity contribution in [3.05, 3.63) is 71.4 Å². The van der Waals surface area contributed by atoms with Gasteiger partial charge in [0.25, 0.3) is 5.91 Å². The van der Waals surface area contributed by atoms with E-state index in [0.29, 0.717) is 18.7 Å². The predicted molar refractivity (Wildman–Crippen MR) is 101 cm³/mol. The number of carbonyl (C=O) groups is 2. The summed E-state index contributed by atoms with van der Waals surface area (Å²) < 4.78 is 0. The second kappa shape index (κ2) is 6.67. The molecule has 0 aliphatic carbocycles. The van der Waals surface area contributed by atoms with E-state index in [1.165, 1.54) is 16.6 Å². The number of rotatable bonds is 3.